The number of carbonyl (C=O) groups excluding carboxylic acids is 4. The summed E-state index contributed by atoms with van der Waals surface area (Å²) < 4.78 is 24.9. The van der Waals surface area contributed by atoms with Gasteiger partial charge in [0.15, 0.2) is 17.2 Å². The number of anilines is 3. The maximum atomic E-state index is 14.6. The normalized spacial score (nSPS) is 25.3. The minimum Gasteiger partial charge on any atom is -0.502 e. The quantitative estimate of drug-likeness (QED) is 0.113. The van der Waals surface area contributed by atoms with Crippen LogP contribution in [0.1, 0.15) is 25.3 Å². The maximum absolute atomic E-state index is 14.6. The Hall–Kier alpha value is -6.36. The Morgan fingerprint density at radius 1 is 0.912 bits per heavy atom. The van der Waals surface area contributed by atoms with Crippen LogP contribution < -0.4 is 24.2 Å². The number of halogens is 2. The van der Waals surface area contributed by atoms with Crippen LogP contribution in [0.2, 0.25) is 5.02 Å². The summed E-state index contributed by atoms with van der Waals surface area (Å²) in [7, 11) is 5.50. The number of rotatable bonds is 9. The summed E-state index contributed by atoms with van der Waals surface area (Å²) >= 11 is 6.08. The van der Waals surface area contributed by atoms with Gasteiger partial charge in [-0.1, -0.05) is 35.4 Å². The number of nitrogens with zero attached hydrogens (tertiary/aromatic N) is 5. The first-order valence-corrected chi connectivity index (χ1v) is 18.0. The van der Waals surface area contributed by atoms with E-state index in [0.29, 0.717) is 11.1 Å². The van der Waals surface area contributed by atoms with E-state index in [4.69, 9.17) is 21.1 Å². The number of amides is 4. The molecule has 3 fully saturated rings. The number of nitro groups is 2. The number of benzene rings is 3. The van der Waals surface area contributed by atoms with Crippen LogP contribution in [0.3, 0.4) is 0 Å². The van der Waals surface area contributed by atoms with Gasteiger partial charge in [0.25, 0.3) is 0 Å². The fourth-order valence-corrected chi connectivity index (χ4v) is 9.19. The van der Waals surface area contributed by atoms with E-state index in [2.05, 4.69) is 0 Å². The Bertz CT molecular complexity index is 2320. The van der Waals surface area contributed by atoms with Crippen molar-refractivity contribution >= 4 is 69.7 Å². The van der Waals surface area contributed by atoms with Crippen LogP contribution >= 0.6 is 11.6 Å². The third-order valence-electron chi connectivity index (χ3n) is 11.6. The van der Waals surface area contributed by atoms with E-state index >= 15 is 0 Å². The van der Waals surface area contributed by atoms with Crippen LogP contribution in [-0.4, -0.2) is 66.9 Å². The lowest BCUT2D eigenvalue weighted by molar-refractivity contribution is -0.392. The molecule has 0 radical (unpaired) electrons. The molecule has 4 aliphatic rings. The van der Waals surface area contributed by atoms with E-state index in [1.807, 2.05) is 0 Å². The summed E-state index contributed by atoms with van der Waals surface area (Å²) in [4.78, 5) is 83.3. The monoisotopic (exact) mass is 803 g/mol. The Labute approximate surface area is 329 Å². The van der Waals surface area contributed by atoms with Crippen LogP contribution in [0.5, 0.6) is 17.2 Å². The van der Waals surface area contributed by atoms with E-state index in [-0.39, 0.29) is 52.2 Å². The number of methoxy groups -OCH3 is 2. The second kappa shape index (κ2) is 14.0. The van der Waals surface area contributed by atoms with E-state index in [1.54, 1.807) is 25.2 Å². The van der Waals surface area contributed by atoms with Gasteiger partial charge in [0.05, 0.1) is 63.6 Å². The highest BCUT2D eigenvalue weighted by molar-refractivity contribution is 6.32. The van der Waals surface area contributed by atoms with Crippen LogP contribution in [0.4, 0.5) is 32.8 Å². The highest BCUT2D eigenvalue weighted by atomic mass is 35.5. The first-order valence-electron chi connectivity index (χ1n) is 17.6. The molecule has 1 saturated carbocycles. The fraction of sp³-hybridized carbons (Fsp3) is 0.333. The summed E-state index contributed by atoms with van der Waals surface area (Å²) in [6, 6.07) is 8.45. The Morgan fingerprint density at radius 3 is 2.07 bits per heavy atom. The molecule has 3 aromatic rings. The molecule has 57 heavy (non-hydrogen) atoms. The van der Waals surface area contributed by atoms with Crippen molar-refractivity contribution in [1.29, 1.82) is 0 Å². The second-order valence-electron chi connectivity index (χ2n) is 14.7. The highest BCUT2D eigenvalue weighted by Crippen LogP contribution is 2.61. The molecule has 2 saturated heterocycles. The minimum absolute atomic E-state index is 0.0168. The number of phenols is 1. The average Bonchev–Trinajstić information content (AvgIpc) is 3.54. The lowest BCUT2D eigenvalue weighted by Crippen LogP contribution is -2.49. The number of ether oxygens (including phenoxy) is 2. The SMILES string of the molecule is COc1cc(C=CC2C3=CCC4C(=O)N(c5cc([N+](=O)[O-])c(N(C)C)c([N+](=O)[O-])c5)C(=O)C4C3CC3C(=O)N(c4ccc(F)c(Cl)c4)C(=O)C23C)cc(OC)c1O. The summed E-state index contributed by atoms with van der Waals surface area (Å²) in [5.74, 6) is -8.35. The summed E-state index contributed by atoms with van der Waals surface area (Å²) in [5, 5.41) is 34.5. The number of allylic oxidation sites excluding steroid dienone is 3. The van der Waals surface area contributed by atoms with Crippen molar-refractivity contribution in [3.63, 3.8) is 0 Å². The number of hydrogen-bond acceptors (Lipinski definition) is 12. The van der Waals surface area contributed by atoms with Gasteiger partial charge in [-0.15, -0.1) is 0 Å². The first-order chi connectivity index (χ1) is 27.0. The van der Waals surface area contributed by atoms with Gasteiger partial charge in [-0.05, 0) is 61.6 Å². The van der Waals surface area contributed by atoms with E-state index < -0.39 is 85.7 Å². The number of nitro benzene ring substituents is 2. The van der Waals surface area contributed by atoms with E-state index in [1.165, 1.54) is 57.5 Å². The van der Waals surface area contributed by atoms with E-state index in [0.717, 1.165) is 28.0 Å². The standard InChI is InChI=1S/C39H35ClFN5O11/c1-39-24(10-6-18-12-30(56-4)34(47)31(13-18)57-5)21-8-9-22-32(23(21)17-25(39)36(49)44(38(39)51)19-7-11-27(41)26(40)14-19)37(50)43(35(22)48)20-15-28(45(52)53)33(42(2)3)29(16-20)46(54)55/h6-8,10-16,22-25,32,47H,9,17H2,1-5H3. The number of hydrogen-bond donors (Lipinski definition) is 1. The average molecular weight is 804 g/mol. The van der Waals surface area contributed by atoms with Crippen LogP contribution in [0.25, 0.3) is 6.08 Å². The van der Waals surface area contributed by atoms with Crippen LogP contribution in [0.15, 0.2) is 60.2 Å². The fourth-order valence-electron chi connectivity index (χ4n) is 9.02. The topological polar surface area (TPSA) is 203 Å². The summed E-state index contributed by atoms with van der Waals surface area (Å²) in [5.41, 5.74) is -2.39. The third-order valence-corrected chi connectivity index (χ3v) is 11.9. The molecule has 2 heterocycles. The molecule has 18 heteroatoms. The van der Waals surface area contributed by atoms with Gasteiger partial charge < -0.3 is 19.5 Å². The van der Waals surface area contributed by atoms with Gasteiger partial charge in [0.2, 0.25) is 29.4 Å². The minimum atomic E-state index is -1.47. The largest absolute Gasteiger partial charge is 0.502 e. The zero-order valence-corrected chi connectivity index (χ0v) is 31.9. The molecule has 0 spiro atoms. The lowest BCUT2D eigenvalue weighted by Gasteiger charge is -2.47. The molecule has 4 amide bonds. The van der Waals surface area contributed by atoms with Gasteiger partial charge >= 0.3 is 11.4 Å². The Kier molecular flexibility index (Phi) is 9.54. The molecule has 6 unspecified atom stereocenters. The molecule has 2 aliphatic heterocycles. The molecule has 16 nitrogen and oxygen atoms in total. The van der Waals surface area contributed by atoms with Crippen molar-refractivity contribution in [3.8, 4) is 17.2 Å². The van der Waals surface area contributed by atoms with Crippen molar-refractivity contribution in [2.45, 2.75) is 19.8 Å². The first kappa shape index (κ1) is 38.9. The molecule has 7 rings (SSSR count). The number of carbonyl (C=O) groups is 4. The molecule has 2 aliphatic carbocycles. The van der Waals surface area contributed by atoms with Crippen molar-refractivity contribution in [1.82, 2.24) is 0 Å². The molecule has 1 N–H and O–H groups in total. The van der Waals surface area contributed by atoms with Crippen molar-refractivity contribution < 1.29 is 48.0 Å². The Morgan fingerprint density at radius 2 is 1.53 bits per heavy atom. The molecular formula is C39H35ClFN5O11. The molecule has 3 aromatic carbocycles. The number of fused-ring (bicyclic) bond motifs is 4. The molecule has 296 valence electrons. The Balaban J connectivity index is 1.35. The maximum Gasteiger partial charge on any atom is 0.301 e. The zero-order chi connectivity index (χ0) is 41.4. The third kappa shape index (κ3) is 5.86. The zero-order valence-electron chi connectivity index (χ0n) is 31.1. The van der Waals surface area contributed by atoms with E-state index in [9.17, 15) is 48.9 Å². The van der Waals surface area contributed by atoms with Gasteiger partial charge in [-0.3, -0.25) is 39.4 Å². The number of aromatic hydroxyl groups is 1. The van der Waals surface area contributed by atoms with Crippen LogP contribution in [-0.2, 0) is 19.2 Å². The molecule has 0 bridgehead atoms. The van der Waals surface area contributed by atoms with Crippen molar-refractivity contribution in [2.24, 2.45) is 35.0 Å². The van der Waals surface area contributed by atoms with Gasteiger partial charge in [0.1, 0.15) is 5.82 Å². The van der Waals surface area contributed by atoms with Gasteiger partial charge in [0, 0.05) is 32.1 Å². The number of phenolic OH excluding ortho intramolecular Hbond substituents is 1. The molecular weight excluding hydrogens is 769 g/mol. The summed E-state index contributed by atoms with van der Waals surface area (Å²) in [6.45, 7) is 1.64. The van der Waals surface area contributed by atoms with Gasteiger partial charge in [-0.2, -0.15) is 0 Å². The highest BCUT2D eigenvalue weighted by Gasteiger charge is 2.67. The molecule has 0 aromatic heterocycles. The summed E-state index contributed by atoms with van der Waals surface area (Å²) in [6.07, 6.45) is 5.08. The lowest BCUT2D eigenvalue weighted by atomic mass is 9.52. The second-order valence-corrected chi connectivity index (χ2v) is 15.1. The van der Waals surface area contributed by atoms with Crippen molar-refractivity contribution in [3.05, 3.63) is 96.8 Å². The van der Waals surface area contributed by atoms with Crippen LogP contribution in [0, 0.1) is 61.1 Å². The van der Waals surface area contributed by atoms with Gasteiger partial charge in [-0.25, -0.2) is 14.2 Å². The predicted octanol–water partition coefficient (Wildman–Crippen LogP) is 6.07. The number of imide groups is 2. The molecule has 6 atom stereocenters. The van der Waals surface area contributed by atoms with Crippen molar-refractivity contribution in [2.75, 3.05) is 43.0 Å². The predicted molar refractivity (Wildman–Crippen MR) is 204 cm³/mol. The smallest absolute Gasteiger partial charge is 0.301 e.